The standard InChI is InChI=1S/C30H34N8O2S/c1-18-15-38(16-19(2)40-18)17-24-11-28(36-29(34-24)33-23-4-6-25(39)7-5-23)37-30-35-26-8-3-21(10-27(26)41-30)22-9-20(12-31)13-32-14-22/h3,8-11,13-14,18-19,23,25,39H,4-7,15-17H2,1-2H3,(H2,33,34,35,36,37)/t18-,19+,23-,25-. The number of rotatable bonds is 7. The van der Waals surface area contributed by atoms with Crippen molar-refractivity contribution in [3.05, 3.63) is 54.0 Å². The van der Waals surface area contributed by atoms with Gasteiger partial charge in [-0.05, 0) is 63.3 Å². The summed E-state index contributed by atoms with van der Waals surface area (Å²) in [6, 6.07) is 12.3. The van der Waals surface area contributed by atoms with Gasteiger partial charge in [-0.2, -0.15) is 10.2 Å². The van der Waals surface area contributed by atoms with E-state index in [1.54, 1.807) is 23.7 Å². The molecule has 2 atom stereocenters. The third kappa shape index (κ3) is 6.80. The maximum atomic E-state index is 9.93. The number of nitriles is 1. The number of aliphatic hydroxyl groups excluding tert-OH is 1. The highest BCUT2D eigenvalue weighted by atomic mass is 32.1. The van der Waals surface area contributed by atoms with Gasteiger partial charge in [0, 0.05) is 49.7 Å². The van der Waals surface area contributed by atoms with Crippen LogP contribution in [0.25, 0.3) is 21.3 Å². The van der Waals surface area contributed by atoms with E-state index in [0.29, 0.717) is 23.9 Å². The molecule has 3 aromatic heterocycles. The van der Waals surface area contributed by atoms with E-state index in [-0.39, 0.29) is 24.4 Å². The predicted molar refractivity (Wildman–Crippen MR) is 160 cm³/mol. The van der Waals surface area contributed by atoms with Gasteiger partial charge in [0.2, 0.25) is 5.95 Å². The topological polar surface area (TPSA) is 132 Å². The van der Waals surface area contributed by atoms with Crippen molar-refractivity contribution >= 4 is 38.5 Å². The first kappa shape index (κ1) is 27.5. The summed E-state index contributed by atoms with van der Waals surface area (Å²) in [5.74, 6) is 1.28. The molecule has 1 aliphatic carbocycles. The van der Waals surface area contributed by atoms with Gasteiger partial charge in [-0.1, -0.05) is 17.4 Å². The largest absolute Gasteiger partial charge is 0.393 e. The molecule has 10 nitrogen and oxygen atoms in total. The van der Waals surface area contributed by atoms with Crippen molar-refractivity contribution in [1.82, 2.24) is 24.8 Å². The van der Waals surface area contributed by atoms with Crippen molar-refractivity contribution < 1.29 is 9.84 Å². The number of nitrogens with one attached hydrogen (secondary N) is 2. The van der Waals surface area contributed by atoms with E-state index in [2.05, 4.69) is 46.5 Å². The Bertz CT molecular complexity index is 1550. The van der Waals surface area contributed by atoms with Crippen molar-refractivity contribution in [2.75, 3.05) is 23.7 Å². The van der Waals surface area contributed by atoms with Crippen LogP contribution in [0.1, 0.15) is 50.8 Å². The Hall–Kier alpha value is -3.69. The van der Waals surface area contributed by atoms with Crippen LogP contribution in [0.15, 0.2) is 42.7 Å². The van der Waals surface area contributed by atoms with E-state index < -0.39 is 0 Å². The van der Waals surface area contributed by atoms with Crippen LogP contribution in [0.2, 0.25) is 0 Å². The summed E-state index contributed by atoms with van der Waals surface area (Å²) in [7, 11) is 0. The number of benzene rings is 1. The quantitative estimate of drug-likeness (QED) is 0.276. The van der Waals surface area contributed by atoms with Crippen molar-refractivity contribution in [1.29, 1.82) is 5.26 Å². The lowest BCUT2D eigenvalue weighted by atomic mass is 9.93. The molecule has 1 saturated heterocycles. The number of aliphatic hydroxyl groups is 1. The molecule has 6 rings (SSSR count). The van der Waals surface area contributed by atoms with Crippen LogP contribution >= 0.6 is 11.3 Å². The molecule has 1 aromatic carbocycles. The molecule has 3 N–H and O–H groups in total. The van der Waals surface area contributed by atoms with Gasteiger partial charge in [0.25, 0.3) is 0 Å². The number of aromatic nitrogens is 4. The molecule has 0 bridgehead atoms. The molecule has 11 heteroatoms. The molecule has 2 fully saturated rings. The summed E-state index contributed by atoms with van der Waals surface area (Å²) in [6.07, 6.45) is 6.83. The number of anilines is 3. The van der Waals surface area contributed by atoms with Gasteiger partial charge in [0.15, 0.2) is 5.13 Å². The fraction of sp³-hybridized carbons (Fsp3) is 0.433. The van der Waals surface area contributed by atoms with E-state index in [1.165, 1.54) is 0 Å². The van der Waals surface area contributed by atoms with Gasteiger partial charge in [-0.3, -0.25) is 9.88 Å². The van der Waals surface area contributed by atoms with Gasteiger partial charge in [0.1, 0.15) is 11.9 Å². The van der Waals surface area contributed by atoms with Crippen LogP contribution in [0.3, 0.4) is 0 Å². The van der Waals surface area contributed by atoms with Gasteiger partial charge in [0.05, 0.1) is 39.8 Å². The average Bonchev–Trinajstić information content (AvgIpc) is 3.35. The number of thiazole rings is 1. The summed E-state index contributed by atoms with van der Waals surface area (Å²) < 4.78 is 6.95. The summed E-state index contributed by atoms with van der Waals surface area (Å²) in [4.78, 5) is 21.1. The Kier molecular flexibility index (Phi) is 8.07. The molecule has 4 heterocycles. The summed E-state index contributed by atoms with van der Waals surface area (Å²) in [6.45, 7) is 6.62. The van der Waals surface area contributed by atoms with Crippen LogP contribution < -0.4 is 10.6 Å². The molecule has 1 saturated carbocycles. The number of hydrogen-bond donors (Lipinski definition) is 3. The molecular formula is C30H34N8O2S. The highest BCUT2D eigenvalue weighted by molar-refractivity contribution is 7.22. The van der Waals surface area contributed by atoms with Crippen LogP contribution in [0.4, 0.5) is 16.9 Å². The van der Waals surface area contributed by atoms with Crippen LogP contribution in [0.5, 0.6) is 0 Å². The Morgan fingerprint density at radius 1 is 1.02 bits per heavy atom. The number of nitrogens with zero attached hydrogens (tertiary/aromatic N) is 6. The lowest BCUT2D eigenvalue weighted by Crippen LogP contribution is -2.45. The Morgan fingerprint density at radius 3 is 2.61 bits per heavy atom. The van der Waals surface area contributed by atoms with Crippen molar-refractivity contribution in [3.8, 4) is 17.2 Å². The van der Waals surface area contributed by atoms with Crippen molar-refractivity contribution in [2.24, 2.45) is 0 Å². The van der Waals surface area contributed by atoms with E-state index in [1.807, 2.05) is 24.3 Å². The van der Waals surface area contributed by atoms with Crippen LogP contribution in [0, 0.1) is 11.3 Å². The van der Waals surface area contributed by atoms with Gasteiger partial charge < -0.3 is 20.5 Å². The predicted octanol–water partition coefficient (Wildman–Crippen LogP) is 5.09. The first-order valence-electron chi connectivity index (χ1n) is 14.1. The lowest BCUT2D eigenvalue weighted by molar-refractivity contribution is -0.0707. The van der Waals surface area contributed by atoms with Gasteiger partial charge >= 0.3 is 0 Å². The zero-order valence-electron chi connectivity index (χ0n) is 23.2. The number of fused-ring (bicyclic) bond motifs is 1. The second-order valence-corrected chi connectivity index (χ2v) is 12.1. The first-order chi connectivity index (χ1) is 19.9. The maximum absolute atomic E-state index is 9.93. The minimum absolute atomic E-state index is 0.176. The smallest absolute Gasteiger partial charge is 0.225 e. The minimum Gasteiger partial charge on any atom is -0.393 e. The second-order valence-electron chi connectivity index (χ2n) is 11.1. The first-order valence-corrected chi connectivity index (χ1v) is 15.0. The molecule has 212 valence electrons. The SMILES string of the molecule is C[C@@H]1CN(Cc2cc(Nc3nc4ccc(-c5cncc(C#N)c5)cc4s3)nc(N[C@H]3CC[C@H](O)CC3)n2)C[C@H](C)O1. The van der Waals surface area contributed by atoms with E-state index >= 15 is 0 Å². The second kappa shape index (κ2) is 12.0. The number of hydrogen-bond acceptors (Lipinski definition) is 11. The van der Waals surface area contributed by atoms with E-state index in [9.17, 15) is 10.4 Å². The van der Waals surface area contributed by atoms with E-state index in [4.69, 9.17) is 19.7 Å². The van der Waals surface area contributed by atoms with E-state index in [0.717, 1.165) is 70.9 Å². The average molecular weight is 571 g/mol. The lowest BCUT2D eigenvalue weighted by Gasteiger charge is -2.35. The molecule has 4 aromatic rings. The number of ether oxygens (including phenoxy) is 1. The highest BCUT2D eigenvalue weighted by Gasteiger charge is 2.24. The normalized spacial score (nSPS) is 23.3. The van der Waals surface area contributed by atoms with Crippen molar-refractivity contribution in [3.63, 3.8) is 0 Å². The third-order valence-corrected chi connectivity index (χ3v) is 8.45. The highest BCUT2D eigenvalue weighted by Crippen LogP contribution is 2.32. The molecule has 1 aliphatic heterocycles. The molecule has 2 aliphatic rings. The number of morpholine rings is 1. The Morgan fingerprint density at radius 2 is 1.83 bits per heavy atom. The monoisotopic (exact) mass is 570 g/mol. The molecule has 0 amide bonds. The molecular weight excluding hydrogens is 536 g/mol. The maximum Gasteiger partial charge on any atom is 0.225 e. The summed E-state index contributed by atoms with van der Waals surface area (Å²) in [5.41, 5.74) is 4.22. The van der Waals surface area contributed by atoms with Crippen LogP contribution in [-0.4, -0.2) is 67.4 Å². The fourth-order valence-electron chi connectivity index (χ4n) is 5.68. The van der Waals surface area contributed by atoms with Crippen molar-refractivity contribution in [2.45, 2.75) is 70.4 Å². The molecule has 0 spiro atoms. The van der Waals surface area contributed by atoms with Crippen LogP contribution in [-0.2, 0) is 11.3 Å². The summed E-state index contributed by atoms with van der Waals surface area (Å²) >= 11 is 1.55. The summed E-state index contributed by atoms with van der Waals surface area (Å²) in [5, 5.41) is 26.9. The minimum atomic E-state index is -0.214. The Labute approximate surface area is 243 Å². The zero-order chi connectivity index (χ0) is 28.3. The molecule has 41 heavy (non-hydrogen) atoms. The zero-order valence-corrected chi connectivity index (χ0v) is 24.1. The Balaban J connectivity index is 1.25. The van der Waals surface area contributed by atoms with Gasteiger partial charge in [-0.25, -0.2) is 9.97 Å². The third-order valence-electron chi connectivity index (χ3n) is 7.51. The molecule has 0 radical (unpaired) electrons. The molecule has 0 unspecified atom stereocenters. The number of pyridine rings is 1. The fourth-order valence-corrected chi connectivity index (χ4v) is 6.59. The van der Waals surface area contributed by atoms with Gasteiger partial charge in [-0.15, -0.1) is 0 Å².